The minimum absolute atomic E-state index is 0.0926. The molecule has 0 aliphatic carbocycles. The molecule has 108 valence electrons. The highest BCUT2D eigenvalue weighted by Gasteiger charge is 1.86. The van der Waals surface area contributed by atoms with Crippen LogP contribution >= 0.6 is 0 Å². The Morgan fingerprint density at radius 3 is 0.667 bits per heavy atom. The van der Waals surface area contributed by atoms with Gasteiger partial charge in [-0.05, 0) is 53.7 Å². The van der Waals surface area contributed by atoms with Crippen LogP contribution in [0.15, 0.2) is 48.6 Å². The van der Waals surface area contributed by atoms with Gasteiger partial charge in [0.15, 0.2) is 0 Å². The van der Waals surface area contributed by atoms with E-state index in [9.17, 15) is 17.6 Å². The molecule has 0 bridgehead atoms. The molecule has 18 heavy (non-hydrogen) atoms. The summed E-state index contributed by atoms with van der Waals surface area (Å²) in [5.41, 5.74) is 2.43. The summed E-state index contributed by atoms with van der Waals surface area (Å²) in [4.78, 5) is 0. The highest BCUT2D eigenvalue weighted by atomic mass is 19.3. The molecule has 0 heterocycles. The quantitative estimate of drug-likeness (QED) is 0.337. The van der Waals surface area contributed by atoms with Crippen LogP contribution in [0.3, 0.4) is 0 Å². The molecule has 0 aliphatic heterocycles. The topological polar surface area (TPSA) is 0 Å². The van der Waals surface area contributed by atoms with E-state index in [4.69, 9.17) is 0 Å². The first kappa shape index (κ1) is 25.5. The fourth-order valence-corrected chi connectivity index (χ4v) is 0. The molecule has 0 fully saturated rings. The molecule has 0 amide bonds. The molecular weight excluding hydrogens is 244 g/mol. The Hall–Kier alpha value is -1.32. The fourth-order valence-electron chi connectivity index (χ4n) is 0. The molecule has 0 spiro atoms. The van der Waals surface area contributed by atoms with Crippen LogP contribution in [-0.2, 0) is 0 Å². The second kappa shape index (κ2) is 18.1. The Bertz CT molecular complexity index is 217. The van der Waals surface area contributed by atoms with Crippen molar-refractivity contribution in [2.75, 3.05) is 0 Å². The summed E-state index contributed by atoms with van der Waals surface area (Å²) in [7, 11) is 0. The molecule has 0 saturated heterocycles. The van der Waals surface area contributed by atoms with Gasteiger partial charge in [0.2, 0.25) is 0 Å². The van der Waals surface area contributed by atoms with Gasteiger partial charge in [-0.15, -0.1) is 13.2 Å². The van der Waals surface area contributed by atoms with Crippen molar-refractivity contribution >= 4 is 0 Å². The Morgan fingerprint density at radius 1 is 0.611 bits per heavy atom. The second-order valence-electron chi connectivity index (χ2n) is 4.01. The van der Waals surface area contributed by atoms with E-state index >= 15 is 0 Å². The Kier molecular flexibility index (Phi) is 25.6. The van der Waals surface area contributed by atoms with Gasteiger partial charge in [0, 0.05) is 0 Å². The third kappa shape index (κ3) is 382. The number of rotatable bonds is 0. The summed E-state index contributed by atoms with van der Waals surface area (Å²) in [6.45, 7) is 20.0. The lowest BCUT2D eigenvalue weighted by Crippen LogP contribution is -1.61. The van der Waals surface area contributed by atoms with Crippen LogP contribution < -0.4 is 0 Å². The van der Waals surface area contributed by atoms with Crippen molar-refractivity contribution in [1.82, 2.24) is 0 Å². The van der Waals surface area contributed by atoms with Crippen LogP contribution in [0, 0.1) is 0 Å². The van der Waals surface area contributed by atoms with E-state index in [1.54, 1.807) is 0 Å². The maximum absolute atomic E-state index is 11.0. The van der Waals surface area contributed by atoms with E-state index in [0.29, 0.717) is 0 Å². The average Bonchev–Trinajstić information content (AvgIpc) is 1.99. The Labute approximate surface area is 108 Å². The predicted octanol–water partition coefficient (Wildman–Crippen LogP) is 6.74. The summed E-state index contributed by atoms with van der Waals surface area (Å²) in [6, 6.07) is 0. The van der Waals surface area contributed by atoms with Crippen LogP contribution in [-0.4, -0.2) is 0 Å². The van der Waals surface area contributed by atoms with Crippen molar-refractivity contribution in [1.29, 1.82) is 0 Å². The summed E-state index contributed by atoms with van der Waals surface area (Å²) < 4.78 is 42.4. The molecule has 0 unspecified atom stereocenters. The lowest BCUT2D eigenvalue weighted by atomic mass is 10.4. The van der Waals surface area contributed by atoms with Crippen LogP contribution in [0.25, 0.3) is 0 Å². The highest BCUT2D eigenvalue weighted by Crippen LogP contribution is 2.03. The fraction of sp³-hybridized carbons (Fsp3) is 0.429. The maximum atomic E-state index is 11.0. The molecule has 0 rings (SSSR count). The van der Waals surface area contributed by atoms with Crippen molar-refractivity contribution in [3.63, 3.8) is 0 Å². The van der Waals surface area contributed by atoms with Crippen molar-refractivity contribution in [2.45, 2.75) is 41.5 Å². The first-order valence-corrected chi connectivity index (χ1v) is 5.07. The lowest BCUT2D eigenvalue weighted by molar-refractivity contribution is 0.412. The van der Waals surface area contributed by atoms with E-state index in [2.05, 4.69) is 19.7 Å². The number of hydrogen-bond acceptors (Lipinski definition) is 0. The van der Waals surface area contributed by atoms with Gasteiger partial charge < -0.3 is 0 Å². The van der Waals surface area contributed by atoms with Gasteiger partial charge in [-0.2, -0.15) is 17.6 Å². The van der Waals surface area contributed by atoms with Crippen molar-refractivity contribution in [3.05, 3.63) is 48.6 Å². The smallest absolute Gasteiger partial charge is 0.174 e. The van der Waals surface area contributed by atoms with E-state index < -0.39 is 12.2 Å². The van der Waals surface area contributed by atoms with Crippen LogP contribution in [0.2, 0.25) is 0 Å². The zero-order valence-electron chi connectivity index (χ0n) is 12.1. The normalized spacial score (nSPS) is 7.00. The van der Waals surface area contributed by atoms with Gasteiger partial charge >= 0.3 is 0 Å². The largest absolute Gasteiger partial charge is 0.268 e. The maximum Gasteiger partial charge on any atom is 0.268 e. The molecule has 0 aliphatic rings. The van der Waals surface area contributed by atoms with Gasteiger partial charge in [0.05, 0.1) is 0 Å². The molecule has 0 N–H and O–H groups in total. The minimum atomic E-state index is -1.83. The second-order valence-corrected chi connectivity index (χ2v) is 4.01. The first-order valence-electron chi connectivity index (χ1n) is 5.07. The van der Waals surface area contributed by atoms with E-state index in [-0.39, 0.29) is 5.57 Å². The number of allylic oxidation sites excluding steroid dienone is 3. The number of hydrogen-bond donors (Lipinski definition) is 0. The molecule has 0 saturated carbocycles. The van der Waals surface area contributed by atoms with Crippen molar-refractivity contribution < 1.29 is 17.6 Å². The summed E-state index contributed by atoms with van der Waals surface area (Å²) in [5, 5.41) is 0. The third-order valence-electron chi connectivity index (χ3n) is 0.378. The first-order chi connectivity index (χ1) is 7.84. The van der Waals surface area contributed by atoms with Gasteiger partial charge in [-0.3, -0.25) is 0 Å². The zero-order valence-corrected chi connectivity index (χ0v) is 12.1. The van der Waals surface area contributed by atoms with Crippen LogP contribution in [0.1, 0.15) is 41.5 Å². The highest BCUT2D eigenvalue weighted by molar-refractivity contribution is 4.92. The summed E-state index contributed by atoms with van der Waals surface area (Å²) in [6.07, 6.45) is -3.41. The Morgan fingerprint density at radius 2 is 0.667 bits per heavy atom. The molecule has 0 aromatic rings. The van der Waals surface area contributed by atoms with Crippen LogP contribution in [0.4, 0.5) is 17.6 Å². The molecule has 0 radical (unpaired) electrons. The Balaban J connectivity index is -0.0000000742. The molecule has 0 nitrogen and oxygen atoms in total. The summed E-state index contributed by atoms with van der Waals surface area (Å²) in [5.74, 6) is 0. The van der Waals surface area contributed by atoms with Gasteiger partial charge in [-0.1, -0.05) is 11.1 Å². The van der Waals surface area contributed by atoms with Crippen molar-refractivity contribution in [3.8, 4) is 0 Å². The van der Waals surface area contributed by atoms with E-state index in [1.165, 1.54) is 25.0 Å². The molecule has 0 atom stereocenters. The lowest BCUT2D eigenvalue weighted by Gasteiger charge is -1.78. The molecular formula is C14H24F4. The average molecular weight is 268 g/mol. The van der Waals surface area contributed by atoms with Crippen molar-refractivity contribution in [2.24, 2.45) is 0 Å². The van der Waals surface area contributed by atoms with Gasteiger partial charge in [0.1, 0.15) is 0 Å². The SMILES string of the molecule is C=C(C)C.C=C(C)C.C=C(F)F.CC(C)=C(F)F. The van der Waals surface area contributed by atoms with E-state index in [0.717, 1.165) is 0 Å². The third-order valence-corrected chi connectivity index (χ3v) is 0.378. The summed E-state index contributed by atoms with van der Waals surface area (Å²) >= 11 is 0. The van der Waals surface area contributed by atoms with E-state index in [1.807, 2.05) is 27.7 Å². The minimum Gasteiger partial charge on any atom is -0.174 e. The molecule has 0 aromatic carbocycles. The standard InChI is InChI=1S/C4H6F2.2C4H8.C2H2F2/c1-3(2)4(5)6;2*1-4(2)3;1-2(3)4/h1-2H3;2*1H2,2-3H3;1H2. The predicted molar refractivity (Wildman–Crippen MR) is 72.9 cm³/mol. The van der Waals surface area contributed by atoms with Gasteiger partial charge in [0.25, 0.3) is 12.2 Å². The van der Waals surface area contributed by atoms with Crippen LogP contribution in [0.5, 0.6) is 0 Å². The number of halogens is 4. The monoisotopic (exact) mass is 268 g/mol. The van der Waals surface area contributed by atoms with Gasteiger partial charge in [-0.25, -0.2) is 0 Å². The zero-order chi connectivity index (χ0) is 15.9. The molecule has 0 aromatic heterocycles. The molecule has 4 heteroatoms.